The Balaban J connectivity index is 2.39. The molecule has 4 nitrogen and oxygen atoms in total. The third kappa shape index (κ3) is 3.31. The molecule has 0 aliphatic rings. The highest BCUT2D eigenvalue weighted by Crippen LogP contribution is 2.18. The third-order valence-corrected chi connectivity index (χ3v) is 3.01. The van der Waals surface area contributed by atoms with Gasteiger partial charge in [0.1, 0.15) is 0 Å². The maximum absolute atomic E-state index is 5.27. The average Bonchev–Trinajstić information content (AvgIpc) is 2.52. The number of nitrogens with one attached hydrogen (secondary N) is 1. The van der Waals surface area contributed by atoms with Gasteiger partial charge in [0.05, 0.1) is 0 Å². The van der Waals surface area contributed by atoms with Crippen molar-refractivity contribution < 1.29 is 4.42 Å². The molecular formula is C9H17N3OS. The van der Waals surface area contributed by atoms with Crippen LogP contribution in [0.2, 0.25) is 0 Å². The van der Waals surface area contributed by atoms with Gasteiger partial charge in [-0.05, 0) is 13.0 Å². The lowest BCUT2D eigenvalue weighted by Gasteiger charge is -2.18. The predicted molar refractivity (Wildman–Crippen MR) is 57.4 cm³/mol. The largest absolute Gasteiger partial charge is 0.416 e. The fraction of sp³-hybridized carbons (Fsp3) is 0.778. The molecule has 1 unspecified atom stereocenters. The van der Waals surface area contributed by atoms with Gasteiger partial charge >= 0.3 is 0 Å². The van der Waals surface area contributed by atoms with E-state index in [2.05, 4.69) is 29.4 Å². The van der Waals surface area contributed by atoms with Gasteiger partial charge in [-0.25, -0.2) is 0 Å². The number of rotatable bonds is 5. The molecule has 0 saturated carbocycles. The second-order valence-electron chi connectivity index (χ2n) is 3.54. The number of hydrogen-bond donors (Lipinski definition) is 1. The molecule has 0 radical (unpaired) electrons. The van der Waals surface area contributed by atoms with E-state index >= 15 is 0 Å². The monoisotopic (exact) mass is 215 g/mol. The van der Waals surface area contributed by atoms with Crippen LogP contribution in [0.25, 0.3) is 0 Å². The van der Waals surface area contributed by atoms with Crippen LogP contribution in [0.1, 0.15) is 19.7 Å². The molecule has 1 aromatic heterocycles. The van der Waals surface area contributed by atoms with Gasteiger partial charge in [-0.2, -0.15) is 0 Å². The summed E-state index contributed by atoms with van der Waals surface area (Å²) in [6.45, 7) is 6.19. The molecule has 0 bridgehead atoms. The van der Waals surface area contributed by atoms with E-state index in [0.29, 0.717) is 23.1 Å². The summed E-state index contributed by atoms with van der Waals surface area (Å²) in [7, 11) is 1.98. The first-order chi connectivity index (χ1) is 6.63. The van der Waals surface area contributed by atoms with Crippen molar-refractivity contribution in [3.63, 3.8) is 0 Å². The summed E-state index contributed by atoms with van der Waals surface area (Å²) >= 11 is 1.60. The number of hydrogen-bond acceptors (Lipinski definition) is 5. The van der Waals surface area contributed by atoms with E-state index in [0.717, 1.165) is 5.75 Å². The minimum Gasteiger partial charge on any atom is -0.416 e. The molecule has 0 spiro atoms. The van der Waals surface area contributed by atoms with Crippen molar-refractivity contribution in [1.29, 1.82) is 0 Å². The van der Waals surface area contributed by atoms with Gasteiger partial charge in [0, 0.05) is 18.7 Å². The highest BCUT2D eigenvalue weighted by molar-refractivity contribution is 7.99. The van der Waals surface area contributed by atoms with E-state index in [4.69, 9.17) is 4.42 Å². The lowest BCUT2D eigenvalue weighted by molar-refractivity contribution is 0.425. The molecule has 80 valence electrons. The van der Waals surface area contributed by atoms with Crippen LogP contribution in [0.3, 0.4) is 0 Å². The second kappa shape index (κ2) is 5.36. The number of aromatic nitrogens is 2. The van der Waals surface area contributed by atoms with Gasteiger partial charge < -0.3 is 9.73 Å². The smallest absolute Gasteiger partial charge is 0.276 e. The molecule has 1 heterocycles. The second-order valence-corrected chi connectivity index (χ2v) is 4.51. The van der Waals surface area contributed by atoms with Gasteiger partial charge in [0.2, 0.25) is 5.89 Å². The van der Waals surface area contributed by atoms with Crippen LogP contribution in [-0.2, 0) is 0 Å². The summed E-state index contributed by atoms with van der Waals surface area (Å²) in [6.07, 6.45) is 0. The lowest BCUT2D eigenvalue weighted by Crippen LogP contribution is -2.32. The van der Waals surface area contributed by atoms with Crippen molar-refractivity contribution in [3.05, 3.63) is 5.89 Å². The molecule has 0 fully saturated rings. The quantitative estimate of drug-likeness (QED) is 0.758. The predicted octanol–water partition coefficient (Wildman–Crippen LogP) is 1.71. The molecule has 0 aliphatic carbocycles. The molecule has 1 rings (SSSR count). The Kier molecular flexibility index (Phi) is 4.41. The summed E-state index contributed by atoms with van der Waals surface area (Å²) in [4.78, 5) is 0. The van der Waals surface area contributed by atoms with E-state index in [9.17, 15) is 0 Å². The third-order valence-electron chi connectivity index (χ3n) is 2.07. The average molecular weight is 215 g/mol. The zero-order valence-corrected chi connectivity index (χ0v) is 9.89. The van der Waals surface area contributed by atoms with Crippen molar-refractivity contribution >= 4 is 11.8 Å². The SMILES string of the molecule is CNC(CSc1nnc(C)o1)C(C)C. The number of thioether (sulfide) groups is 1. The Morgan fingerprint density at radius 2 is 2.14 bits per heavy atom. The molecule has 14 heavy (non-hydrogen) atoms. The maximum atomic E-state index is 5.27. The zero-order valence-electron chi connectivity index (χ0n) is 9.07. The van der Waals surface area contributed by atoms with Crippen LogP contribution in [-0.4, -0.2) is 29.0 Å². The number of aryl methyl sites for hydroxylation is 1. The van der Waals surface area contributed by atoms with Gasteiger partial charge in [-0.1, -0.05) is 25.6 Å². The standard InChI is InChI=1S/C9H17N3OS/c1-6(2)8(10-4)5-14-9-12-11-7(3)13-9/h6,8,10H,5H2,1-4H3. The van der Waals surface area contributed by atoms with E-state index < -0.39 is 0 Å². The molecule has 5 heteroatoms. The van der Waals surface area contributed by atoms with E-state index in [1.807, 2.05) is 7.05 Å². The molecule has 1 N–H and O–H groups in total. The van der Waals surface area contributed by atoms with Crippen LogP contribution in [0, 0.1) is 12.8 Å². The molecule has 0 aliphatic heterocycles. The summed E-state index contributed by atoms with van der Waals surface area (Å²) < 4.78 is 5.27. The Morgan fingerprint density at radius 1 is 1.43 bits per heavy atom. The van der Waals surface area contributed by atoms with Gasteiger partial charge in [0.25, 0.3) is 5.22 Å². The van der Waals surface area contributed by atoms with Crippen LogP contribution in [0.4, 0.5) is 0 Å². The minimum atomic E-state index is 0.479. The molecule has 0 saturated heterocycles. The van der Waals surface area contributed by atoms with Crippen LogP contribution >= 0.6 is 11.8 Å². The highest BCUT2D eigenvalue weighted by atomic mass is 32.2. The van der Waals surface area contributed by atoms with Gasteiger partial charge in [-0.15, -0.1) is 10.2 Å². The van der Waals surface area contributed by atoms with E-state index in [1.165, 1.54) is 0 Å². The fourth-order valence-corrected chi connectivity index (χ4v) is 2.26. The van der Waals surface area contributed by atoms with E-state index in [1.54, 1.807) is 18.7 Å². The Labute approximate surface area is 88.9 Å². The van der Waals surface area contributed by atoms with Crippen LogP contribution in [0.15, 0.2) is 9.64 Å². The van der Waals surface area contributed by atoms with Crippen molar-refractivity contribution in [3.8, 4) is 0 Å². The highest BCUT2D eigenvalue weighted by Gasteiger charge is 2.13. The topological polar surface area (TPSA) is 51.0 Å². The number of nitrogens with zero attached hydrogens (tertiary/aromatic N) is 2. The normalized spacial score (nSPS) is 13.5. The van der Waals surface area contributed by atoms with E-state index in [-0.39, 0.29) is 0 Å². The van der Waals surface area contributed by atoms with Gasteiger partial charge in [-0.3, -0.25) is 0 Å². The Morgan fingerprint density at radius 3 is 2.57 bits per heavy atom. The fourth-order valence-electron chi connectivity index (χ4n) is 1.11. The zero-order chi connectivity index (χ0) is 10.6. The maximum Gasteiger partial charge on any atom is 0.276 e. The van der Waals surface area contributed by atoms with Crippen LogP contribution in [0.5, 0.6) is 0 Å². The molecule has 0 amide bonds. The van der Waals surface area contributed by atoms with Crippen molar-refractivity contribution in [2.75, 3.05) is 12.8 Å². The molecule has 1 atom stereocenters. The van der Waals surface area contributed by atoms with Crippen LogP contribution < -0.4 is 5.32 Å². The summed E-state index contributed by atoms with van der Waals surface area (Å²) in [5.74, 6) is 2.19. The minimum absolute atomic E-state index is 0.479. The molecule has 1 aromatic rings. The first-order valence-electron chi connectivity index (χ1n) is 4.73. The van der Waals surface area contributed by atoms with Gasteiger partial charge in [0.15, 0.2) is 0 Å². The van der Waals surface area contributed by atoms with Crippen molar-refractivity contribution in [2.24, 2.45) is 5.92 Å². The lowest BCUT2D eigenvalue weighted by atomic mass is 10.1. The van der Waals surface area contributed by atoms with Crippen molar-refractivity contribution in [2.45, 2.75) is 32.0 Å². The summed E-state index contributed by atoms with van der Waals surface area (Å²) in [5.41, 5.74) is 0. The summed E-state index contributed by atoms with van der Waals surface area (Å²) in [6, 6.07) is 0.479. The first-order valence-corrected chi connectivity index (χ1v) is 5.72. The summed E-state index contributed by atoms with van der Waals surface area (Å²) in [5, 5.41) is 11.6. The van der Waals surface area contributed by atoms with Crippen molar-refractivity contribution in [1.82, 2.24) is 15.5 Å². The molecule has 0 aromatic carbocycles. The Hall–Kier alpha value is -0.550. The molecular weight excluding hydrogens is 198 g/mol. The Bertz CT molecular complexity index is 275. The first kappa shape index (κ1) is 11.5.